The minimum Gasteiger partial charge on any atom is -0.478 e. The van der Waals surface area contributed by atoms with Crippen LogP contribution in [0.1, 0.15) is 19.4 Å². The van der Waals surface area contributed by atoms with Crippen molar-refractivity contribution < 1.29 is 19.1 Å². The number of aryl methyl sites for hydroxylation is 1. The Morgan fingerprint density at radius 1 is 1.18 bits per heavy atom. The van der Waals surface area contributed by atoms with Gasteiger partial charge < -0.3 is 19.4 Å². The van der Waals surface area contributed by atoms with Gasteiger partial charge in [-0.05, 0) is 56.7 Å². The van der Waals surface area contributed by atoms with Crippen LogP contribution in [-0.2, 0) is 20.9 Å². The molecule has 9 heteroatoms. The summed E-state index contributed by atoms with van der Waals surface area (Å²) in [6, 6.07) is 12.6. The third-order valence-electron chi connectivity index (χ3n) is 5.01. The van der Waals surface area contributed by atoms with E-state index in [1.807, 2.05) is 25.1 Å². The average molecular weight is 466 g/mol. The SMILES string of the molecule is CCOC(=O)C(C)Oc1cccc2c(=O)n(CC(=O)Nc3nc4ccc(C)cc4s3)ccc12. The van der Waals surface area contributed by atoms with Crippen LogP contribution in [-0.4, -0.2) is 34.1 Å². The highest BCUT2D eigenvalue weighted by atomic mass is 32.1. The van der Waals surface area contributed by atoms with Crippen molar-refractivity contribution in [2.45, 2.75) is 33.4 Å². The number of amides is 1. The molecule has 0 saturated heterocycles. The van der Waals surface area contributed by atoms with E-state index in [0.717, 1.165) is 15.8 Å². The predicted octanol–water partition coefficient (Wildman–Crippen LogP) is 3.89. The Balaban J connectivity index is 1.53. The highest BCUT2D eigenvalue weighted by molar-refractivity contribution is 7.22. The van der Waals surface area contributed by atoms with Crippen molar-refractivity contribution in [1.82, 2.24) is 9.55 Å². The monoisotopic (exact) mass is 465 g/mol. The first-order valence-corrected chi connectivity index (χ1v) is 11.3. The second-order valence-electron chi connectivity index (χ2n) is 7.52. The first-order chi connectivity index (χ1) is 15.9. The summed E-state index contributed by atoms with van der Waals surface area (Å²) >= 11 is 1.39. The molecular formula is C24H23N3O5S. The number of benzene rings is 2. The third kappa shape index (κ3) is 4.88. The lowest BCUT2D eigenvalue weighted by atomic mass is 10.1. The van der Waals surface area contributed by atoms with E-state index in [2.05, 4.69) is 10.3 Å². The summed E-state index contributed by atoms with van der Waals surface area (Å²) < 4.78 is 13.0. The third-order valence-corrected chi connectivity index (χ3v) is 5.94. The van der Waals surface area contributed by atoms with Crippen LogP contribution in [0.2, 0.25) is 0 Å². The number of hydrogen-bond acceptors (Lipinski definition) is 7. The Morgan fingerprint density at radius 3 is 2.79 bits per heavy atom. The summed E-state index contributed by atoms with van der Waals surface area (Å²) in [6.45, 7) is 5.40. The zero-order valence-electron chi connectivity index (χ0n) is 18.5. The number of pyridine rings is 1. The first kappa shape index (κ1) is 22.5. The van der Waals surface area contributed by atoms with Gasteiger partial charge >= 0.3 is 5.97 Å². The summed E-state index contributed by atoms with van der Waals surface area (Å²) in [6.07, 6.45) is 0.717. The smallest absolute Gasteiger partial charge is 0.347 e. The lowest BCUT2D eigenvalue weighted by Gasteiger charge is -2.15. The molecule has 0 aliphatic rings. The molecule has 0 bridgehead atoms. The zero-order chi connectivity index (χ0) is 23.5. The number of hydrogen-bond donors (Lipinski definition) is 1. The molecular weight excluding hydrogens is 442 g/mol. The second kappa shape index (κ2) is 9.41. The van der Waals surface area contributed by atoms with Gasteiger partial charge in [-0.1, -0.05) is 23.5 Å². The molecule has 0 aliphatic carbocycles. The summed E-state index contributed by atoms with van der Waals surface area (Å²) in [5.41, 5.74) is 1.59. The molecule has 1 amide bonds. The van der Waals surface area contributed by atoms with Crippen molar-refractivity contribution in [3.63, 3.8) is 0 Å². The molecule has 1 N–H and O–H groups in total. The standard InChI is InChI=1S/C24H23N3O5S/c1-4-31-23(30)15(3)32-19-7-5-6-17-16(19)10-11-27(22(17)29)13-21(28)26-24-25-18-9-8-14(2)12-20(18)33-24/h5-12,15H,4,13H2,1-3H3,(H,25,26,28). The summed E-state index contributed by atoms with van der Waals surface area (Å²) in [4.78, 5) is 41.9. The average Bonchev–Trinajstić information content (AvgIpc) is 3.17. The van der Waals surface area contributed by atoms with Crippen molar-refractivity contribution in [3.8, 4) is 5.75 Å². The van der Waals surface area contributed by atoms with Gasteiger partial charge in [-0.15, -0.1) is 0 Å². The van der Waals surface area contributed by atoms with E-state index in [-0.39, 0.29) is 24.6 Å². The maximum absolute atomic E-state index is 13.0. The molecule has 0 aliphatic heterocycles. The number of nitrogens with zero attached hydrogens (tertiary/aromatic N) is 2. The van der Waals surface area contributed by atoms with Crippen molar-refractivity contribution in [1.29, 1.82) is 0 Å². The summed E-state index contributed by atoms with van der Waals surface area (Å²) in [5.74, 6) is -0.438. The van der Waals surface area contributed by atoms with Crippen LogP contribution in [0.3, 0.4) is 0 Å². The molecule has 2 heterocycles. The van der Waals surface area contributed by atoms with Gasteiger partial charge in [-0.3, -0.25) is 9.59 Å². The number of thiazole rings is 1. The van der Waals surface area contributed by atoms with Gasteiger partial charge in [0.2, 0.25) is 5.91 Å². The van der Waals surface area contributed by atoms with Crippen LogP contribution < -0.4 is 15.6 Å². The van der Waals surface area contributed by atoms with Crippen molar-refractivity contribution in [3.05, 3.63) is 64.6 Å². The van der Waals surface area contributed by atoms with Gasteiger partial charge in [-0.25, -0.2) is 9.78 Å². The number of fused-ring (bicyclic) bond motifs is 2. The lowest BCUT2D eigenvalue weighted by molar-refractivity contribution is -0.150. The Kier molecular flexibility index (Phi) is 6.41. The van der Waals surface area contributed by atoms with E-state index in [0.29, 0.717) is 21.7 Å². The Labute approximate surface area is 193 Å². The molecule has 0 saturated carbocycles. The summed E-state index contributed by atoms with van der Waals surface area (Å²) in [5, 5.41) is 4.19. The number of anilines is 1. The van der Waals surface area contributed by atoms with Crippen molar-refractivity contribution in [2.75, 3.05) is 11.9 Å². The second-order valence-corrected chi connectivity index (χ2v) is 8.55. The molecule has 0 radical (unpaired) electrons. The van der Waals surface area contributed by atoms with Gasteiger partial charge in [0.1, 0.15) is 12.3 Å². The molecule has 0 fully saturated rings. The van der Waals surface area contributed by atoms with Crippen LogP contribution in [0.4, 0.5) is 5.13 Å². The lowest BCUT2D eigenvalue weighted by Crippen LogP contribution is -2.28. The topological polar surface area (TPSA) is 99.5 Å². The Hall–Kier alpha value is -3.72. The quantitative estimate of drug-likeness (QED) is 0.416. The number of esters is 1. The van der Waals surface area contributed by atoms with Crippen molar-refractivity contribution >= 4 is 49.3 Å². The Morgan fingerprint density at radius 2 is 2.00 bits per heavy atom. The predicted molar refractivity (Wildman–Crippen MR) is 128 cm³/mol. The summed E-state index contributed by atoms with van der Waals surface area (Å²) in [7, 11) is 0. The molecule has 2 aromatic heterocycles. The van der Waals surface area contributed by atoms with Crippen LogP contribution in [0, 0.1) is 6.92 Å². The number of carbonyl (C=O) groups is 2. The van der Waals surface area contributed by atoms with E-state index >= 15 is 0 Å². The molecule has 33 heavy (non-hydrogen) atoms. The van der Waals surface area contributed by atoms with Gasteiger partial charge in [-0.2, -0.15) is 0 Å². The molecule has 1 atom stereocenters. The largest absolute Gasteiger partial charge is 0.478 e. The first-order valence-electron chi connectivity index (χ1n) is 10.5. The number of aromatic nitrogens is 2. The Bertz CT molecular complexity index is 1410. The van der Waals surface area contributed by atoms with Crippen molar-refractivity contribution in [2.24, 2.45) is 0 Å². The molecule has 1 unspecified atom stereocenters. The number of ether oxygens (including phenoxy) is 2. The van der Waals surface area contributed by atoms with Gasteiger partial charge in [0.25, 0.3) is 5.56 Å². The van der Waals surface area contributed by atoms with Crippen LogP contribution in [0.15, 0.2) is 53.5 Å². The number of rotatable bonds is 7. The van der Waals surface area contributed by atoms with E-state index in [1.54, 1.807) is 38.1 Å². The van der Waals surface area contributed by atoms with Gasteiger partial charge in [0.05, 0.1) is 22.2 Å². The van der Waals surface area contributed by atoms with E-state index < -0.39 is 12.1 Å². The maximum atomic E-state index is 13.0. The molecule has 4 rings (SSSR count). The van der Waals surface area contributed by atoms with E-state index in [1.165, 1.54) is 22.1 Å². The molecule has 2 aromatic carbocycles. The minimum atomic E-state index is -0.818. The van der Waals surface area contributed by atoms with Gasteiger partial charge in [0, 0.05) is 11.6 Å². The zero-order valence-corrected chi connectivity index (χ0v) is 19.3. The van der Waals surface area contributed by atoms with E-state index in [9.17, 15) is 14.4 Å². The fourth-order valence-electron chi connectivity index (χ4n) is 3.41. The van der Waals surface area contributed by atoms with Crippen LogP contribution in [0.25, 0.3) is 21.0 Å². The van der Waals surface area contributed by atoms with E-state index in [4.69, 9.17) is 9.47 Å². The normalized spacial score (nSPS) is 12.0. The highest BCUT2D eigenvalue weighted by Crippen LogP contribution is 2.27. The maximum Gasteiger partial charge on any atom is 0.347 e. The molecule has 4 aromatic rings. The van der Waals surface area contributed by atoms with Crippen LogP contribution in [0.5, 0.6) is 5.75 Å². The molecule has 8 nitrogen and oxygen atoms in total. The number of nitrogens with one attached hydrogen (secondary N) is 1. The fraction of sp³-hybridized carbons (Fsp3) is 0.250. The minimum absolute atomic E-state index is 0.159. The van der Waals surface area contributed by atoms with Crippen LogP contribution >= 0.6 is 11.3 Å². The fourth-order valence-corrected chi connectivity index (χ4v) is 4.39. The molecule has 0 spiro atoms. The van der Waals surface area contributed by atoms with Gasteiger partial charge in [0.15, 0.2) is 11.2 Å². The molecule has 170 valence electrons. The number of carbonyl (C=O) groups excluding carboxylic acids is 2. The highest BCUT2D eigenvalue weighted by Gasteiger charge is 2.18.